The molecule has 0 bridgehead atoms. The predicted octanol–water partition coefficient (Wildman–Crippen LogP) is 6.74. The monoisotopic (exact) mass is 405 g/mol. The molecule has 0 N–H and O–H groups in total. The highest BCUT2D eigenvalue weighted by Gasteiger charge is 2.36. The normalized spacial score (nSPS) is 16.2. The van der Waals surface area contributed by atoms with Gasteiger partial charge in [0.15, 0.2) is 5.69 Å². The van der Waals surface area contributed by atoms with Crippen LogP contribution in [0.15, 0.2) is 54.6 Å². The topological polar surface area (TPSA) is 3.88 Å². The third kappa shape index (κ3) is 2.53. The molecule has 1 aromatic heterocycles. The summed E-state index contributed by atoms with van der Waals surface area (Å²) in [5, 5.41) is 2.32. The molecule has 2 aliphatic rings. The van der Waals surface area contributed by atoms with Crippen molar-refractivity contribution in [3.63, 3.8) is 0 Å². The largest absolute Gasteiger partial charge is 0.220 e. The maximum Gasteiger partial charge on any atom is 0.220 e. The molecule has 0 aliphatic heterocycles. The minimum atomic E-state index is -0.0194. The number of pyridine rings is 1. The van der Waals surface area contributed by atoms with Crippen molar-refractivity contribution >= 4 is 10.8 Å². The van der Waals surface area contributed by atoms with Gasteiger partial charge in [-0.2, -0.15) is 4.57 Å². The zero-order valence-electron chi connectivity index (χ0n) is 20.2. The first-order chi connectivity index (χ1) is 15.3. The highest BCUT2D eigenvalue weighted by atomic mass is 14.9. The van der Waals surface area contributed by atoms with Crippen LogP contribution >= 0.6 is 0 Å². The Balaban J connectivity index is 1.69. The zero-order valence-corrected chi connectivity index (χ0v) is 19.2. The van der Waals surface area contributed by atoms with E-state index in [0.717, 1.165) is 23.9 Å². The summed E-state index contributed by atoms with van der Waals surface area (Å²) in [5.74, 6) is 0. The third-order valence-corrected chi connectivity index (χ3v) is 7.82. The summed E-state index contributed by atoms with van der Waals surface area (Å²) in [5.41, 5.74) is 13.3. The lowest BCUT2D eigenvalue weighted by atomic mass is 9.81. The second kappa shape index (κ2) is 6.29. The lowest BCUT2D eigenvalue weighted by molar-refractivity contribution is -0.665. The van der Waals surface area contributed by atoms with Crippen molar-refractivity contribution in [3.8, 4) is 22.4 Å². The Morgan fingerprint density at radius 2 is 1.61 bits per heavy atom. The van der Waals surface area contributed by atoms with Gasteiger partial charge in [0.25, 0.3) is 0 Å². The first-order valence-electron chi connectivity index (χ1n) is 12.0. The number of benzene rings is 3. The minimum Gasteiger partial charge on any atom is -0.198 e. The summed E-state index contributed by atoms with van der Waals surface area (Å²) < 4.78 is 11.1. The van der Waals surface area contributed by atoms with Crippen molar-refractivity contribution in [2.24, 2.45) is 7.05 Å². The Morgan fingerprint density at radius 1 is 0.871 bits per heavy atom. The predicted molar refractivity (Wildman–Crippen MR) is 130 cm³/mol. The highest BCUT2D eigenvalue weighted by Crippen LogP contribution is 2.50. The Labute approximate surface area is 186 Å². The number of rotatable bonds is 1. The second-order valence-corrected chi connectivity index (χ2v) is 10.0. The molecule has 3 aromatic carbocycles. The molecule has 0 unspecified atom stereocenters. The average Bonchev–Trinajstić information content (AvgIpc) is 3.32. The molecule has 1 heteroatoms. The second-order valence-electron chi connectivity index (χ2n) is 10.0. The fourth-order valence-electron chi connectivity index (χ4n) is 5.99. The number of aryl methyl sites for hydroxylation is 3. The molecule has 0 saturated carbocycles. The molecule has 0 saturated heterocycles. The number of hydrogen-bond acceptors (Lipinski definition) is 0. The van der Waals surface area contributed by atoms with Crippen LogP contribution in [0, 0.1) is 13.8 Å². The van der Waals surface area contributed by atoms with Gasteiger partial charge in [0, 0.05) is 18.4 Å². The van der Waals surface area contributed by atoms with Crippen LogP contribution in [0.3, 0.4) is 0 Å². The van der Waals surface area contributed by atoms with Crippen molar-refractivity contribution in [1.29, 1.82) is 0 Å². The molecule has 0 atom stereocenters. The van der Waals surface area contributed by atoms with Crippen LogP contribution in [-0.4, -0.2) is 0 Å². The Bertz CT molecular complexity index is 1460. The zero-order chi connectivity index (χ0) is 22.4. The summed E-state index contributed by atoms with van der Waals surface area (Å²) in [6.07, 6.45) is 3.52. The SMILES string of the molecule is [2H]c1c(C)[n+](C)c(-c2cc3c(cc2C)-c2ccccc2C3(C)C)c2cc3c(cc12)CCC3. The van der Waals surface area contributed by atoms with Crippen molar-refractivity contribution in [2.45, 2.75) is 52.4 Å². The van der Waals surface area contributed by atoms with Crippen LogP contribution in [0.4, 0.5) is 0 Å². The fourth-order valence-corrected chi connectivity index (χ4v) is 5.99. The van der Waals surface area contributed by atoms with Crippen molar-refractivity contribution in [3.05, 3.63) is 88.1 Å². The van der Waals surface area contributed by atoms with Gasteiger partial charge >= 0.3 is 0 Å². The summed E-state index contributed by atoms with van der Waals surface area (Å²) in [6, 6.07) is 19.0. The van der Waals surface area contributed by atoms with Gasteiger partial charge in [-0.3, -0.25) is 0 Å². The van der Waals surface area contributed by atoms with E-state index in [0.29, 0.717) is 6.04 Å². The third-order valence-electron chi connectivity index (χ3n) is 7.82. The smallest absolute Gasteiger partial charge is 0.198 e. The quantitative estimate of drug-likeness (QED) is 0.309. The molecular weight excluding hydrogens is 374 g/mol. The fraction of sp³-hybridized carbons (Fsp3) is 0.300. The van der Waals surface area contributed by atoms with Crippen molar-refractivity contribution in [2.75, 3.05) is 0 Å². The molecule has 1 nitrogen and oxygen atoms in total. The standard InChI is InChI=1S/C30H30N/c1-18-13-26-23-11-6-7-12-27(23)30(3,4)28(26)17-24(18)29-25-16-21-10-8-9-20(21)15-22(25)14-19(2)31(29)5/h6-7,11-17H,8-10H2,1-5H3/q+1/i14D. The number of fused-ring (bicyclic) bond motifs is 5. The summed E-state index contributed by atoms with van der Waals surface area (Å²) in [4.78, 5) is 0. The van der Waals surface area contributed by atoms with E-state index in [2.05, 4.69) is 87.8 Å². The molecular formula is C30H30N+. The van der Waals surface area contributed by atoms with Gasteiger partial charge in [-0.15, -0.1) is 0 Å². The van der Waals surface area contributed by atoms with E-state index in [1.807, 2.05) is 0 Å². The van der Waals surface area contributed by atoms with Crippen LogP contribution in [0.25, 0.3) is 33.2 Å². The molecule has 0 fully saturated rings. The van der Waals surface area contributed by atoms with Gasteiger partial charge < -0.3 is 0 Å². The average molecular weight is 406 g/mol. The number of aromatic nitrogens is 1. The van der Waals surface area contributed by atoms with Gasteiger partial charge in [-0.05, 0) is 82.6 Å². The lowest BCUT2D eigenvalue weighted by Crippen LogP contribution is -2.35. The molecule has 1 heterocycles. The Morgan fingerprint density at radius 3 is 2.42 bits per heavy atom. The maximum atomic E-state index is 8.86. The summed E-state index contributed by atoms with van der Waals surface area (Å²) >= 11 is 0. The van der Waals surface area contributed by atoms with Gasteiger partial charge in [0.05, 0.1) is 12.3 Å². The molecule has 154 valence electrons. The van der Waals surface area contributed by atoms with E-state index in [9.17, 15) is 0 Å². The highest BCUT2D eigenvalue weighted by molar-refractivity contribution is 5.96. The van der Waals surface area contributed by atoms with Crippen molar-refractivity contribution < 1.29 is 5.94 Å². The summed E-state index contributed by atoms with van der Waals surface area (Å²) in [7, 11) is 2.13. The van der Waals surface area contributed by atoms with E-state index in [-0.39, 0.29) is 5.41 Å². The van der Waals surface area contributed by atoms with Crippen LogP contribution < -0.4 is 4.57 Å². The van der Waals surface area contributed by atoms with E-state index in [4.69, 9.17) is 1.37 Å². The van der Waals surface area contributed by atoms with E-state index < -0.39 is 0 Å². The molecule has 6 rings (SSSR count). The number of hydrogen-bond donors (Lipinski definition) is 0. The van der Waals surface area contributed by atoms with Gasteiger partial charge in [-0.25, -0.2) is 0 Å². The molecule has 0 spiro atoms. The van der Waals surface area contributed by atoms with Crippen LogP contribution in [0.5, 0.6) is 0 Å². The molecule has 0 radical (unpaired) electrons. The van der Waals surface area contributed by atoms with Gasteiger partial charge in [-0.1, -0.05) is 50.2 Å². The van der Waals surface area contributed by atoms with E-state index >= 15 is 0 Å². The Hall–Kier alpha value is -2.93. The van der Waals surface area contributed by atoms with Gasteiger partial charge in [0.1, 0.15) is 7.05 Å². The van der Waals surface area contributed by atoms with Crippen LogP contribution in [0.2, 0.25) is 0 Å². The molecule has 4 aromatic rings. The first kappa shape index (κ1) is 17.7. The van der Waals surface area contributed by atoms with Crippen LogP contribution in [0.1, 0.15) is 55.2 Å². The molecule has 2 aliphatic carbocycles. The van der Waals surface area contributed by atoms with E-state index in [1.165, 1.54) is 62.0 Å². The van der Waals surface area contributed by atoms with Gasteiger partial charge in [0.2, 0.25) is 5.69 Å². The first-order valence-corrected chi connectivity index (χ1v) is 11.5. The maximum absolute atomic E-state index is 8.86. The molecule has 31 heavy (non-hydrogen) atoms. The van der Waals surface area contributed by atoms with E-state index in [1.54, 1.807) is 0 Å². The molecule has 0 amide bonds. The number of nitrogens with zero attached hydrogens (tertiary/aromatic N) is 1. The lowest BCUT2D eigenvalue weighted by Gasteiger charge is -2.22. The van der Waals surface area contributed by atoms with Crippen molar-refractivity contribution in [1.82, 2.24) is 0 Å². The van der Waals surface area contributed by atoms with Crippen LogP contribution in [-0.2, 0) is 25.3 Å². The summed E-state index contributed by atoms with van der Waals surface area (Å²) in [6.45, 7) is 9.02. The Kier molecular flexibility index (Phi) is 3.60. The minimum absolute atomic E-state index is 0.0194.